The monoisotopic (exact) mass is 1400 g/mol. The van der Waals surface area contributed by atoms with Crippen molar-refractivity contribution in [2.45, 2.75) is 431 Å². The SMILES string of the molecule is CC/C=C\C/C=C\C/C=C\C/C=C\C/C=C\CCCCCCCCCCCCCCCCCCCCCCCCCCCC(=O)OC(COC(=O)CCCCCCCCCCCCCCCCCCCCCCCC/C=C\C/C=C\C/C=C\CCCCCCC)COP(=O)(O)OCCN. The van der Waals surface area contributed by atoms with E-state index in [-0.39, 0.29) is 38.6 Å². The average Bonchev–Trinajstić information content (AvgIpc) is 1.19. The lowest BCUT2D eigenvalue weighted by Gasteiger charge is -2.19. The second kappa shape index (κ2) is 83.9. The lowest BCUT2D eigenvalue weighted by atomic mass is 10.0. The lowest BCUT2D eigenvalue weighted by Crippen LogP contribution is -2.29. The van der Waals surface area contributed by atoms with E-state index in [0.717, 1.165) is 77.0 Å². The summed E-state index contributed by atoms with van der Waals surface area (Å²) in [6, 6.07) is 0. The van der Waals surface area contributed by atoms with Crippen LogP contribution in [-0.4, -0.2) is 49.3 Å². The van der Waals surface area contributed by atoms with Gasteiger partial charge in [-0.05, 0) is 96.3 Å². The summed E-state index contributed by atoms with van der Waals surface area (Å²) in [5, 5.41) is 0. The van der Waals surface area contributed by atoms with Gasteiger partial charge < -0.3 is 20.1 Å². The standard InChI is InChI=1S/C89H162NO8P/c1-3-5-7-9-11-13-15-17-19-21-23-25-27-29-31-33-35-37-39-41-42-43-44-46-48-50-52-54-56-58-60-62-64-66-68-70-72-74-76-78-80-82-89(92)98-87(86-97-99(93,94)96-84-83-90)85-95-88(91)81-79-77-75-73-71-69-67-65-63-61-59-57-55-53-51-49-47-45-40-38-36-34-32-30-28-26-24-22-20-18-16-14-12-10-8-6-4-2/h5,7,11,13,16-19,22-25,28-31,87H,3-4,6,8-10,12,14-15,20-21,26-27,32-86,90H2,1-2H3,(H,93,94)/b7-5-,13-11-,18-16-,19-17-,24-22-,25-23-,30-28-,31-29-. The quantitative estimate of drug-likeness (QED) is 0.0264. The van der Waals surface area contributed by atoms with E-state index in [0.29, 0.717) is 6.42 Å². The highest BCUT2D eigenvalue weighted by Crippen LogP contribution is 2.43. The molecule has 0 heterocycles. The molecule has 0 saturated carbocycles. The van der Waals surface area contributed by atoms with Crippen molar-refractivity contribution in [2.75, 3.05) is 26.4 Å². The first-order chi connectivity index (χ1) is 48.8. The van der Waals surface area contributed by atoms with Crippen molar-refractivity contribution in [1.82, 2.24) is 0 Å². The van der Waals surface area contributed by atoms with Crippen LogP contribution in [0.3, 0.4) is 0 Å². The van der Waals surface area contributed by atoms with Crippen LogP contribution in [-0.2, 0) is 32.7 Å². The Bertz CT molecular complexity index is 1950. The smallest absolute Gasteiger partial charge is 0.462 e. The summed E-state index contributed by atoms with van der Waals surface area (Å²) in [6.45, 7) is 3.69. The molecule has 0 rings (SSSR count). The van der Waals surface area contributed by atoms with E-state index in [1.54, 1.807) is 0 Å². The molecule has 0 spiro atoms. The third kappa shape index (κ3) is 83.8. The molecule has 0 aromatic carbocycles. The van der Waals surface area contributed by atoms with Gasteiger partial charge in [-0.3, -0.25) is 18.6 Å². The Kier molecular flexibility index (Phi) is 81.3. The van der Waals surface area contributed by atoms with Crippen molar-refractivity contribution in [3.05, 3.63) is 97.2 Å². The van der Waals surface area contributed by atoms with E-state index in [1.165, 1.54) is 315 Å². The van der Waals surface area contributed by atoms with Crippen LogP contribution >= 0.6 is 7.82 Å². The molecule has 0 aromatic heterocycles. The van der Waals surface area contributed by atoms with Crippen molar-refractivity contribution >= 4 is 19.8 Å². The van der Waals surface area contributed by atoms with Crippen molar-refractivity contribution in [1.29, 1.82) is 0 Å². The van der Waals surface area contributed by atoms with Crippen molar-refractivity contribution in [3.63, 3.8) is 0 Å². The molecule has 2 unspecified atom stereocenters. The molecule has 0 aliphatic carbocycles. The molecule has 9 nitrogen and oxygen atoms in total. The molecule has 0 amide bonds. The zero-order chi connectivity index (χ0) is 71.5. The maximum atomic E-state index is 12.8. The van der Waals surface area contributed by atoms with Crippen LogP contribution in [0.4, 0.5) is 0 Å². The zero-order valence-electron chi connectivity index (χ0n) is 65.2. The summed E-state index contributed by atoms with van der Waals surface area (Å²) in [5.74, 6) is -0.805. The van der Waals surface area contributed by atoms with Gasteiger partial charge in [0.1, 0.15) is 6.61 Å². The molecule has 0 aliphatic rings. The van der Waals surface area contributed by atoms with Crippen molar-refractivity contribution in [3.8, 4) is 0 Å². The van der Waals surface area contributed by atoms with Gasteiger partial charge in [-0.2, -0.15) is 0 Å². The highest BCUT2D eigenvalue weighted by molar-refractivity contribution is 7.47. The summed E-state index contributed by atoms with van der Waals surface area (Å²) in [5.41, 5.74) is 5.42. The molecule has 0 radical (unpaired) electrons. The van der Waals surface area contributed by atoms with E-state index in [9.17, 15) is 19.0 Å². The molecule has 3 N–H and O–H groups in total. The summed E-state index contributed by atoms with van der Waals surface area (Å²) < 4.78 is 33.3. The van der Waals surface area contributed by atoms with E-state index in [1.807, 2.05) is 0 Å². The van der Waals surface area contributed by atoms with Gasteiger partial charge in [0.2, 0.25) is 0 Å². The first-order valence-corrected chi connectivity index (χ1v) is 44.2. The van der Waals surface area contributed by atoms with Crippen LogP contribution in [0.1, 0.15) is 425 Å². The molecule has 10 heteroatoms. The minimum Gasteiger partial charge on any atom is -0.462 e. The van der Waals surface area contributed by atoms with Crippen LogP contribution < -0.4 is 5.73 Å². The second-order valence-corrected chi connectivity index (χ2v) is 30.1. The lowest BCUT2D eigenvalue weighted by molar-refractivity contribution is -0.161. The molecule has 0 fully saturated rings. The Morgan fingerprint density at radius 3 is 0.828 bits per heavy atom. The fraction of sp³-hybridized carbons (Fsp3) is 0.798. The minimum atomic E-state index is -4.40. The Hall–Kier alpha value is -3.07. The molecule has 2 atom stereocenters. The number of rotatable bonds is 81. The topological polar surface area (TPSA) is 134 Å². The maximum Gasteiger partial charge on any atom is 0.472 e. The molecular formula is C89H162NO8P. The van der Waals surface area contributed by atoms with Gasteiger partial charge in [-0.25, -0.2) is 4.57 Å². The first-order valence-electron chi connectivity index (χ1n) is 42.7. The summed E-state index contributed by atoms with van der Waals surface area (Å²) in [6.07, 6.45) is 116. The third-order valence-corrected chi connectivity index (χ3v) is 19.9. The Morgan fingerprint density at radius 2 is 0.556 bits per heavy atom. The summed E-state index contributed by atoms with van der Waals surface area (Å²) in [4.78, 5) is 35.5. The van der Waals surface area contributed by atoms with Crippen LogP contribution in [0.5, 0.6) is 0 Å². The van der Waals surface area contributed by atoms with Gasteiger partial charge >= 0.3 is 19.8 Å². The number of carbonyl (C=O) groups is 2. The van der Waals surface area contributed by atoms with E-state index >= 15 is 0 Å². The average molecular weight is 1410 g/mol. The number of carbonyl (C=O) groups excluding carboxylic acids is 2. The number of nitrogens with two attached hydrogens (primary N) is 1. The van der Waals surface area contributed by atoms with Gasteiger partial charge in [0.05, 0.1) is 13.2 Å². The van der Waals surface area contributed by atoms with Crippen LogP contribution in [0.2, 0.25) is 0 Å². The molecular weight excluding hydrogens is 1240 g/mol. The number of hydrogen-bond acceptors (Lipinski definition) is 8. The predicted octanol–water partition coefficient (Wildman–Crippen LogP) is 29.0. The number of ether oxygens (including phenoxy) is 2. The van der Waals surface area contributed by atoms with Crippen molar-refractivity contribution < 1.29 is 37.6 Å². The first kappa shape index (κ1) is 95.9. The molecule has 0 aliphatic heterocycles. The number of phosphoric acid groups is 1. The highest BCUT2D eigenvalue weighted by Gasteiger charge is 2.26. The van der Waals surface area contributed by atoms with Gasteiger partial charge in [-0.1, -0.05) is 413 Å². The largest absolute Gasteiger partial charge is 0.472 e. The zero-order valence-corrected chi connectivity index (χ0v) is 66.1. The number of hydrogen-bond donors (Lipinski definition) is 2. The minimum absolute atomic E-state index is 0.0543. The summed E-state index contributed by atoms with van der Waals surface area (Å²) in [7, 11) is -4.40. The summed E-state index contributed by atoms with van der Waals surface area (Å²) >= 11 is 0. The highest BCUT2D eigenvalue weighted by atomic mass is 31.2. The maximum absolute atomic E-state index is 12.8. The van der Waals surface area contributed by atoms with Crippen LogP contribution in [0.25, 0.3) is 0 Å². The number of esters is 2. The van der Waals surface area contributed by atoms with E-state index < -0.39 is 26.5 Å². The predicted molar refractivity (Wildman–Crippen MR) is 432 cm³/mol. The molecule has 0 saturated heterocycles. The second-order valence-electron chi connectivity index (χ2n) is 28.7. The fourth-order valence-electron chi connectivity index (χ4n) is 12.7. The normalized spacial score (nSPS) is 13.3. The Balaban J connectivity index is 3.74. The Labute approximate surface area is 614 Å². The van der Waals surface area contributed by atoms with Crippen LogP contribution in [0, 0.1) is 0 Å². The van der Waals surface area contributed by atoms with Gasteiger partial charge in [0, 0.05) is 19.4 Å². The Morgan fingerprint density at radius 1 is 0.313 bits per heavy atom. The van der Waals surface area contributed by atoms with E-state index in [4.69, 9.17) is 24.3 Å². The third-order valence-electron chi connectivity index (χ3n) is 19.0. The molecule has 0 bridgehead atoms. The molecule has 99 heavy (non-hydrogen) atoms. The van der Waals surface area contributed by atoms with Gasteiger partial charge in [0.25, 0.3) is 0 Å². The number of unbranched alkanes of at least 4 members (excludes halogenated alkanes) is 52. The van der Waals surface area contributed by atoms with Crippen molar-refractivity contribution in [2.24, 2.45) is 5.73 Å². The van der Waals surface area contributed by atoms with E-state index in [2.05, 4.69) is 111 Å². The van der Waals surface area contributed by atoms with Crippen LogP contribution in [0.15, 0.2) is 97.2 Å². The number of allylic oxidation sites excluding steroid dienone is 16. The van der Waals surface area contributed by atoms with Gasteiger partial charge in [-0.15, -0.1) is 0 Å². The fourth-order valence-corrected chi connectivity index (χ4v) is 13.4. The molecule has 0 aromatic rings. The number of phosphoric ester groups is 1. The molecule has 576 valence electrons. The van der Waals surface area contributed by atoms with Gasteiger partial charge in [0.15, 0.2) is 6.10 Å².